The summed E-state index contributed by atoms with van der Waals surface area (Å²) >= 11 is 9.21. The Balaban J connectivity index is 4.95. The van der Waals surface area contributed by atoms with Gasteiger partial charge < -0.3 is 0 Å². The van der Waals surface area contributed by atoms with Gasteiger partial charge in [0.25, 0.3) is 0 Å². The molecule has 0 saturated carbocycles. The van der Waals surface area contributed by atoms with Crippen LogP contribution in [0.5, 0.6) is 0 Å². The van der Waals surface area contributed by atoms with Crippen LogP contribution in [0.25, 0.3) is 0 Å². The molecule has 0 unspecified atom stereocenters. The van der Waals surface area contributed by atoms with Gasteiger partial charge >= 0.3 is 15.5 Å². The third-order valence-corrected chi connectivity index (χ3v) is 1.86. The summed E-state index contributed by atoms with van der Waals surface area (Å²) in [7, 11) is -5.57. The van der Waals surface area contributed by atoms with Crippen molar-refractivity contribution in [2.24, 2.45) is 4.40 Å². The van der Waals surface area contributed by atoms with Gasteiger partial charge in [0.2, 0.25) is 4.63 Å². The van der Waals surface area contributed by atoms with Crippen molar-refractivity contribution in [3.63, 3.8) is 0 Å². The van der Waals surface area contributed by atoms with E-state index in [1.165, 1.54) is 0 Å². The Morgan fingerprint density at radius 1 is 1.27 bits per heavy atom. The zero-order valence-electron chi connectivity index (χ0n) is 4.56. The summed E-state index contributed by atoms with van der Waals surface area (Å²) in [6.07, 6.45) is 0. The molecule has 0 aliphatic heterocycles. The normalized spacial score (nSPS) is 12.8. The van der Waals surface area contributed by atoms with E-state index in [4.69, 9.17) is 0 Å². The maximum atomic E-state index is 11.4. The Bertz CT molecular complexity index is 264. The molecule has 0 rings (SSSR count). The molecule has 0 saturated heterocycles. The van der Waals surface area contributed by atoms with Gasteiger partial charge in [-0.2, -0.15) is 21.6 Å². The number of alkyl halides is 3. The van der Waals surface area contributed by atoms with Crippen LogP contribution < -0.4 is 0 Å². The molecule has 0 radical (unpaired) electrons. The first-order valence-corrected chi connectivity index (χ1v) is 4.08. The summed E-state index contributed by atoms with van der Waals surface area (Å²) in [6, 6.07) is 0. The Labute approximate surface area is 69.9 Å². The van der Waals surface area contributed by atoms with Crippen molar-refractivity contribution >= 4 is 37.9 Å². The second-order valence-corrected chi connectivity index (χ2v) is 3.76. The van der Waals surface area contributed by atoms with Gasteiger partial charge in [-0.15, -0.1) is 4.40 Å². The molecule has 0 amide bonds. The minimum atomic E-state index is -5.57. The highest BCUT2D eigenvalue weighted by atomic mass is 35.5. The number of hydrogen-bond acceptors (Lipinski definition) is 2. The highest BCUT2D eigenvalue weighted by molar-refractivity contribution is 7.91. The second-order valence-electron chi connectivity index (χ2n) is 1.25. The van der Waals surface area contributed by atoms with E-state index in [0.29, 0.717) is 0 Å². The van der Waals surface area contributed by atoms with E-state index in [0.717, 1.165) is 0 Å². The number of rotatable bonds is 1. The second kappa shape index (κ2) is 3.16. The summed E-state index contributed by atoms with van der Waals surface area (Å²) in [5.41, 5.74) is -5.46. The quantitative estimate of drug-likeness (QED) is 0.643. The predicted molar refractivity (Wildman–Crippen MR) is 34.1 cm³/mol. The summed E-state index contributed by atoms with van der Waals surface area (Å²) in [4.78, 5) is 0. The third-order valence-electron chi connectivity index (χ3n) is 0.482. The SMILES string of the molecule is O=S(=O)(N=C(Cl)Cl)C(F)(F)F. The lowest BCUT2D eigenvalue weighted by atomic mass is 11.6. The van der Waals surface area contributed by atoms with E-state index in [2.05, 4.69) is 23.2 Å². The standard InChI is InChI=1S/C2Cl2F3NO2S/c3-1(4)8-11(9,10)2(5,6)7. The maximum Gasteiger partial charge on any atom is 0.518 e. The molecule has 0 aromatic rings. The van der Waals surface area contributed by atoms with Crippen LogP contribution in [0.2, 0.25) is 0 Å². The molecule has 0 bridgehead atoms. The van der Waals surface area contributed by atoms with E-state index >= 15 is 0 Å². The van der Waals surface area contributed by atoms with E-state index in [-0.39, 0.29) is 0 Å². The lowest BCUT2D eigenvalue weighted by molar-refractivity contribution is -0.0435. The Morgan fingerprint density at radius 2 is 1.64 bits per heavy atom. The van der Waals surface area contributed by atoms with Crippen LogP contribution >= 0.6 is 23.2 Å². The maximum absolute atomic E-state index is 11.4. The van der Waals surface area contributed by atoms with Crippen LogP contribution in [0, 0.1) is 0 Å². The molecule has 0 aromatic carbocycles. The Kier molecular flexibility index (Phi) is 3.15. The average molecular weight is 230 g/mol. The van der Waals surface area contributed by atoms with Crippen LogP contribution in [0.15, 0.2) is 4.40 Å². The summed E-state index contributed by atoms with van der Waals surface area (Å²) in [5, 5.41) is 0. The molecular weight excluding hydrogens is 230 g/mol. The molecule has 0 heterocycles. The fourth-order valence-corrected chi connectivity index (χ4v) is 0.973. The third kappa shape index (κ3) is 3.26. The van der Waals surface area contributed by atoms with Crippen LogP contribution in [-0.4, -0.2) is 18.6 Å². The average Bonchev–Trinajstić information content (AvgIpc) is 1.56. The van der Waals surface area contributed by atoms with E-state index in [1.807, 2.05) is 4.40 Å². The van der Waals surface area contributed by atoms with Gasteiger partial charge in [-0.25, -0.2) is 0 Å². The fourth-order valence-electron chi connectivity index (χ4n) is 0.143. The predicted octanol–water partition coefficient (Wildman–Crippen LogP) is 1.67. The molecule has 66 valence electrons. The van der Waals surface area contributed by atoms with Gasteiger partial charge in [-0.1, -0.05) is 0 Å². The summed E-state index contributed by atoms with van der Waals surface area (Å²) in [6.45, 7) is 0. The molecule has 0 aliphatic rings. The number of hydrogen-bond donors (Lipinski definition) is 0. The van der Waals surface area contributed by atoms with Crippen LogP contribution in [-0.2, 0) is 10.0 Å². The molecule has 9 heteroatoms. The molecule has 0 aromatic heterocycles. The zero-order valence-corrected chi connectivity index (χ0v) is 6.89. The van der Waals surface area contributed by atoms with Crippen molar-refractivity contribution in [3.8, 4) is 0 Å². The topological polar surface area (TPSA) is 46.5 Å². The number of nitrogens with zero attached hydrogens (tertiary/aromatic N) is 1. The molecular formula is C2Cl2F3NO2S. The first-order valence-electron chi connectivity index (χ1n) is 1.89. The highest BCUT2D eigenvalue weighted by Gasteiger charge is 2.46. The van der Waals surface area contributed by atoms with Gasteiger partial charge in [0.1, 0.15) is 0 Å². The van der Waals surface area contributed by atoms with Crippen molar-refractivity contribution in [2.75, 3.05) is 0 Å². The minimum absolute atomic E-state index is 1.21. The van der Waals surface area contributed by atoms with E-state index in [9.17, 15) is 21.6 Å². The molecule has 3 nitrogen and oxygen atoms in total. The molecule has 0 N–H and O–H groups in total. The first kappa shape index (κ1) is 11.0. The van der Waals surface area contributed by atoms with Crippen LogP contribution in [0.3, 0.4) is 0 Å². The van der Waals surface area contributed by atoms with Crippen molar-refractivity contribution < 1.29 is 21.6 Å². The first-order chi connectivity index (χ1) is 4.67. The molecule has 0 atom stereocenters. The van der Waals surface area contributed by atoms with Gasteiger partial charge in [0, 0.05) is 0 Å². The number of sulfonamides is 1. The minimum Gasteiger partial charge on any atom is -0.195 e. The summed E-state index contributed by atoms with van der Waals surface area (Å²) in [5.74, 6) is 0. The van der Waals surface area contributed by atoms with Crippen molar-refractivity contribution in [3.05, 3.63) is 0 Å². The van der Waals surface area contributed by atoms with Crippen molar-refractivity contribution in [2.45, 2.75) is 5.51 Å². The Hall–Kier alpha value is -0.0100. The van der Waals surface area contributed by atoms with Crippen molar-refractivity contribution in [1.29, 1.82) is 0 Å². The van der Waals surface area contributed by atoms with Crippen LogP contribution in [0.1, 0.15) is 0 Å². The van der Waals surface area contributed by atoms with Gasteiger partial charge in [-0.05, 0) is 23.2 Å². The van der Waals surface area contributed by atoms with E-state index in [1.54, 1.807) is 0 Å². The summed E-state index contributed by atoms with van der Waals surface area (Å²) < 4.78 is 54.9. The molecule has 11 heavy (non-hydrogen) atoms. The monoisotopic (exact) mass is 229 g/mol. The van der Waals surface area contributed by atoms with E-state index < -0.39 is 20.2 Å². The highest BCUT2D eigenvalue weighted by Crippen LogP contribution is 2.25. The Morgan fingerprint density at radius 3 is 1.73 bits per heavy atom. The molecule has 0 aliphatic carbocycles. The zero-order chi connectivity index (χ0) is 9.28. The van der Waals surface area contributed by atoms with Gasteiger partial charge in [0.15, 0.2) is 0 Å². The lowest BCUT2D eigenvalue weighted by Crippen LogP contribution is -2.20. The fraction of sp³-hybridized carbons (Fsp3) is 0.500. The largest absolute Gasteiger partial charge is 0.518 e. The lowest BCUT2D eigenvalue weighted by Gasteiger charge is -2.00. The molecule has 0 fully saturated rings. The number of halogens is 5. The van der Waals surface area contributed by atoms with Gasteiger partial charge in [0.05, 0.1) is 0 Å². The molecule has 0 spiro atoms. The van der Waals surface area contributed by atoms with Gasteiger partial charge in [-0.3, -0.25) is 0 Å². The van der Waals surface area contributed by atoms with Crippen LogP contribution in [0.4, 0.5) is 13.2 Å². The van der Waals surface area contributed by atoms with Crippen molar-refractivity contribution in [1.82, 2.24) is 0 Å². The smallest absolute Gasteiger partial charge is 0.195 e.